The SMILES string of the molecule is CCOC(=O)CC(=O)N(CC(=O)OCC)C(C)c1ccccc1. The van der Waals surface area contributed by atoms with Crippen LogP contribution < -0.4 is 0 Å². The first-order valence-corrected chi connectivity index (χ1v) is 7.65. The maximum Gasteiger partial charge on any atom is 0.325 e. The predicted octanol–water partition coefficient (Wildman–Crippen LogP) is 2.09. The Morgan fingerprint density at radius 3 is 2.13 bits per heavy atom. The summed E-state index contributed by atoms with van der Waals surface area (Å²) in [5, 5.41) is 0. The molecule has 0 radical (unpaired) electrons. The second kappa shape index (κ2) is 9.61. The van der Waals surface area contributed by atoms with Crippen LogP contribution in [0.5, 0.6) is 0 Å². The van der Waals surface area contributed by atoms with E-state index in [4.69, 9.17) is 9.47 Å². The average molecular weight is 321 g/mol. The van der Waals surface area contributed by atoms with Gasteiger partial charge in [-0.05, 0) is 26.3 Å². The van der Waals surface area contributed by atoms with Crippen LogP contribution in [0.25, 0.3) is 0 Å². The molecule has 1 aromatic carbocycles. The lowest BCUT2D eigenvalue weighted by atomic mass is 10.1. The summed E-state index contributed by atoms with van der Waals surface area (Å²) in [5.41, 5.74) is 0.869. The molecule has 0 saturated carbocycles. The van der Waals surface area contributed by atoms with E-state index in [1.54, 1.807) is 20.8 Å². The van der Waals surface area contributed by atoms with Crippen molar-refractivity contribution in [1.82, 2.24) is 4.90 Å². The summed E-state index contributed by atoms with van der Waals surface area (Å²) in [5.74, 6) is -1.58. The number of carbonyl (C=O) groups excluding carboxylic acids is 3. The monoisotopic (exact) mass is 321 g/mol. The smallest absolute Gasteiger partial charge is 0.325 e. The van der Waals surface area contributed by atoms with E-state index in [0.717, 1.165) is 5.56 Å². The molecule has 0 bridgehead atoms. The molecule has 6 nitrogen and oxygen atoms in total. The number of carbonyl (C=O) groups is 3. The van der Waals surface area contributed by atoms with Gasteiger partial charge in [0.15, 0.2) is 0 Å². The topological polar surface area (TPSA) is 72.9 Å². The van der Waals surface area contributed by atoms with Crippen LogP contribution in [-0.2, 0) is 23.9 Å². The molecule has 23 heavy (non-hydrogen) atoms. The van der Waals surface area contributed by atoms with Gasteiger partial charge in [-0.1, -0.05) is 30.3 Å². The van der Waals surface area contributed by atoms with Crippen molar-refractivity contribution >= 4 is 17.8 Å². The second-order valence-electron chi connectivity index (χ2n) is 4.90. The number of hydrogen-bond acceptors (Lipinski definition) is 5. The Hall–Kier alpha value is -2.37. The van der Waals surface area contributed by atoms with E-state index in [9.17, 15) is 14.4 Å². The molecule has 0 N–H and O–H groups in total. The fourth-order valence-electron chi connectivity index (χ4n) is 2.14. The summed E-state index contributed by atoms with van der Waals surface area (Å²) in [6, 6.07) is 8.93. The van der Waals surface area contributed by atoms with Gasteiger partial charge in [0.1, 0.15) is 13.0 Å². The van der Waals surface area contributed by atoms with Gasteiger partial charge in [0.05, 0.1) is 19.3 Å². The van der Waals surface area contributed by atoms with Crippen molar-refractivity contribution in [2.75, 3.05) is 19.8 Å². The molecule has 0 aromatic heterocycles. The Labute approximate surface area is 136 Å². The first-order valence-electron chi connectivity index (χ1n) is 7.65. The van der Waals surface area contributed by atoms with Gasteiger partial charge in [0, 0.05) is 0 Å². The van der Waals surface area contributed by atoms with E-state index in [-0.39, 0.29) is 25.8 Å². The lowest BCUT2D eigenvalue weighted by molar-refractivity contribution is -0.155. The van der Waals surface area contributed by atoms with E-state index in [2.05, 4.69) is 0 Å². The number of benzene rings is 1. The van der Waals surface area contributed by atoms with Gasteiger partial charge in [0.25, 0.3) is 0 Å². The van der Waals surface area contributed by atoms with Crippen molar-refractivity contribution in [1.29, 1.82) is 0 Å². The molecule has 0 spiro atoms. The van der Waals surface area contributed by atoms with Crippen molar-refractivity contribution in [2.45, 2.75) is 33.2 Å². The fraction of sp³-hybridized carbons (Fsp3) is 0.471. The molecule has 1 aromatic rings. The van der Waals surface area contributed by atoms with E-state index in [1.165, 1.54) is 4.90 Å². The first-order chi connectivity index (χ1) is 11.0. The largest absolute Gasteiger partial charge is 0.466 e. The van der Waals surface area contributed by atoms with E-state index >= 15 is 0 Å². The molecule has 0 saturated heterocycles. The predicted molar refractivity (Wildman–Crippen MR) is 84.5 cm³/mol. The molecule has 0 aliphatic rings. The van der Waals surface area contributed by atoms with Crippen LogP contribution in [0.4, 0.5) is 0 Å². The van der Waals surface area contributed by atoms with Gasteiger partial charge >= 0.3 is 11.9 Å². The average Bonchev–Trinajstić information content (AvgIpc) is 2.53. The van der Waals surface area contributed by atoms with Crippen LogP contribution in [0.15, 0.2) is 30.3 Å². The minimum atomic E-state index is -0.605. The Balaban J connectivity index is 2.89. The van der Waals surface area contributed by atoms with Crippen molar-refractivity contribution < 1.29 is 23.9 Å². The zero-order valence-corrected chi connectivity index (χ0v) is 13.8. The lowest BCUT2D eigenvalue weighted by Crippen LogP contribution is -2.39. The molecule has 1 atom stereocenters. The molecule has 6 heteroatoms. The quantitative estimate of drug-likeness (QED) is 0.541. The van der Waals surface area contributed by atoms with E-state index < -0.39 is 24.3 Å². The first kappa shape index (κ1) is 18.7. The lowest BCUT2D eigenvalue weighted by Gasteiger charge is -2.28. The van der Waals surface area contributed by atoms with Crippen molar-refractivity contribution in [3.8, 4) is 0 Å². The standard InChI is InChI=1S/C17H23NO5/c1-4-22-16(20)11-15(19)18(12-17(21)23-5-2)13(3)14-9-7-6-8-10-14/h6-10,13H,4-5,11-12H2,1-3H3. The van der Waals surface area contributed by atoms with Gasteiger partial charge in [0.2, 0.25) is 5.91 Å². The van der Waals surface area contributed by atoms with Gasteiger partial charge in [-0.3, -0.25) is 14.4 Å². The van der Waals surface area contributed by atoms with Crippen molar-refractivity contribution in [3.63, 3.8) is 0 Å². The molecular weight excluding hydrogens is 298 g/mol. The molecular formula is C17H23NO5. The summed E-state index contributed by atoms with van der Waals surface area (Å²) in [7, 11) is 0. The highest BCUT2D eigenvalue weighted by Gasteiger charge is 2.26. The van der Waals surface area contributed by atoms with Crippen molar-refractivity contribution in [3.05, 3.63) is 35.9 Å². The summed E-state index contributed by atoms with van der Waals surface area (Å²) >= 11 is 0. The third kappa shape index (κ3) is 6.10. The second-order valence-corrected chi connectivity index (χ2v) is 4.90. The number of amides is 1. The third-order valence-corrected chi connectivity index (χ3v) is 3.28. The molecule has 1 unspecified atom stereocenters. The highest BCUT2D eigenvalue weighted by molar-refractivity contribution is 5.95. The Morgan fingerprint density at radius 2 is 1.57 bits per heavy atom. The summed E-state index contributed by atoms with van der Waals surface area (Å²) in [4.78, 5) is 37.1. The van der Waals surface area contributed by atoms with Crippen LogP contribution >= 0.6 is 0 Å². The number of esters is 2. The maximum absolute atomic E-state index is 12.4. The number of ether oxygens (including phenoxy) is 2. The van der Waals surface area contributed by atoms with Crippen LogP contribution in [0.2, 0.25) is 0 Å². The minimum Gasteiger partial charge on any atom is -0.466 e. The highest BCUT2D eigenvalue weighted by atomic mass is 16.5. The molecule has 0 aliphatic carbocycles. The molecule has 1 rings (SSSR count). The van der Waals surface area contributed by atoms with Crippen LogP contribution in [0, 0.1) is 0 Å². The highest BCUT2D eigenvalue weighted by Crippen LogP contribution is 2.21. The molecule has 0 heterocycles. The van der Waals surface area contributed by atoms with E-state index in [1.807, 2.05) is 30.3 Å². The number of hydrogen-bond donors (Lipinski definition) is 0. The molecule has 0 fully saturated rings. The maximum atomic E-state index is 12.4. The summed E-state index contributed by atoms with van der Waals surface area (Å²) in [6.07, 6.45) is -0.398. The van der Waals surface area contributed by atoms with Crippen LogP contribution in [-0.4, -0.2) is 42.5 Å². The number of rotatable bonds is 8. The Bertz CT molecular complexity index is 529. The van der Waals surface area contributed by atoms with Crippen molar-refractivity contribution in [2.24, 2.45) is 0 Å². The van der Waals surface area contributed by atoms with Crippen LogP contribution in [0.3, 0.4) is 0 Å². The van der Waals surface area contributed by atoms with Gasteiger partial charge < -0.3 is 14.4 Å². The molecule has 1 amide bonds. The molecule has 126 valence electrons. The Kier molecular flexibility index (Phi) is 7.80. The van der Waals surface area contributed by atoms with Gasteiger partial charge in [-0.25, -0.2) is 0 Å². The number of nitrogens with zero attached hydrogens (tertiary/aromatic N) is 1. The van der Waals surface area contributed by atoms with E-state index in [0.29, 0.717) is 0 Å². The normalized spacial score (nSPS) is 11.4. The zero-order valence-electron chi connectivity index (χ0n) is 13.8. The fourth-order valence-corrected chi connectivity index (χ4v) is 2.14. The summed E-state index contributed by atoms with van der Waals surface area (Å²) in [6.45, 7) is 5.41. The van der Waals surface area contributed by atoms with Crippen LogP contribution in [0.1, 0.15) is 38.8 Å². The minimum absolute atomic E-state index is 0.206. The van der Waals surface area contributed by atoms with Gasteiger partial charge in [-0.15, -0.1) is 0 Å². The Morgan fingerprint density at radius 1 is 1.00 bits per heavy atom. The molecule has 0 aliphatic heterocycles. The zero-order chi connectivity index (χ0) is 17.2. The summed E-state index contributed by atoms with van der Waals surface area (Å²) < 4.78 is 9.71. The van der Waals surface area contributed by atoms with Gasteiger partial charge in [-0.2, -0.15) is 0 Å². The third-order valence-electron chi connectivity index (χ3n) is 3.28.